The van der Waals surface area contributed by atoms with E-state index in [1.54, 1.807) is 31.8 Å². The highest BCUT2D eigenvalue weighted by atomic mass is 16.1. The molecule has 0 aliphatic carbocycles. The number of nitrogens with one attached hydrogen (secondary N) is 1. The van der Waals surface area contributed by atoms with Crippen molar-refractivity contribution < 1.29 is 0 Å². The van der Waals surface area contributed by atoms with Crippen LogP contribution in [0, 0.1) is 0 Å². The van der Waals surface area contributed by atoms with Crippen molar-refractivity contribution in [2.24, 2.45) is 0 Å². The van der Waals surface area contributed by atoms with Gasteiger partial charge in [0.2, 0.25) is 0 Å². The van der Waals surface area contributed by atoms with Crippen molar-refractivity contribution in [2.75, 3.05) is 12.4 Å². The summed E-state index contributed by atoms with van der Waals surface area (Å²) in [5, 5.41) is 2.90. The first-order valence-electron chi connectivity index (χ1n) is 4.93. The van der Waals surface area contributed by atoms with E-state index in [0.29, 0.717) is 6.54 Å². The van der Waals surface area contributed by atoms with Crippen LogP contribution in [-0.2, 0) is 6.54 Å². The zero-order chi connectivity index (χ0) is 11.4. The fraction of sp³-hybridized carbons (Fsp3) is 0.182. The van der Waals surface area contributed by atoms with E-state index in [9.17, 15) is 4.79 Å². The maximum Gasteiger partial charge on any atom is 0.181 e. The summed E-state index contributed by atoms with van der Waals surface area (Å²) in [4.78, 5) is 19.3. The number of hydrogen-bond donors (Lipinski definition) is 1. The predicted molar refractivity (Wildman–Crippen MR) is 61.4 cm³/mol. The fourth-order valence-corrected chi connectivity index (χ4v) is 1.30. The highest BCUT2D eigenvalue weighted by molar-refractivity contribution is 5.29. The summed E-state index contributed by atoms with van der Waals surface area (Å²) in [6, 6.07) is 3.05. The van der Waals surface area contributed by atoms with Crippen molar-refractivity contribution in [3.8, 4) is 0 Å². The van der Waals surface area contributed by atoms with Gasteiger partial charge in [0.1, 0.15) is 5.82 Å². The van der Waals surface area contributed by atoms with E-state index in [2.05, 4.69) is 15.3 Å². The summed E-state index contributed by atoms with van der Waals surface area (Å²) in [5.74, 6) is 0.739. The molecule has 0 fully saturated rings. The van der Waals surface area contributed by atoms with Gasteiger partial charge in [0.15, 0.2) is 5.43 Å². The Morgan fingerprint density at radius 1 is 1.25 bits per heavy atom. The lowest BCUT2D eigenvalue weighted by molar-refractivity contribution is 0.760. The van der Waals surface area contributed by atoms with Crippen LogP contribution < -0.4 is 10.7 Å². The first kappa shape index (κ1) is 10.4. The van der Waals surface area contributed by atoms with E-state index in [1.807, 2.05) is 4.57 Å². The topological polar surface area (TPSA) is 59.8 Å². The van der Waals surface area contributed by atoms with Crippen LogP contribution in [0.4, 0.5) is 5.82 Å². The van der Waals surface area contributed by atoms with Gasteiger partial charge in [0, 0.05) is 31.6 Å². The maximum absolute atomic E-state index is 10.9. The van der Waals surface area contributed by atoms with Crippen molar-refractivity contribution >= 4 is 5.82 Å². The highest BCUT2D eigenvalue weighted by Gasteiger charge is 1.96. The second kappa shape index (κ2) is 4.57. The van der Waals surface area contributed by atoms with Crippen LogP contribution in [-0.4, -0.2) is 21.6 Å². The lowest BCUT2D eigenvalue weighted by atomic mass is 10.4. The van der Waals surface area contributed by atoms with Gasteiger partial charge in [-0.05, 0) is 0 Å². The monoisotopic (exact) mass is 216 g/mol. The van der Waals surface area contributed by atoms with Crippen LogP contribution in [0.25, 0.3) is 0 Å². The predicted octanol–water partition coefficient (Wildman–Crippen LogP) is 0.728. The number of nitrogens with zero attached hydrogens (tertiary/aromatic N) is 3. The first-order chi connectivity index (χ1) is 7.78. The third kappa shape index (κ3) is 2.44. The molecule has 5 nitrogen and oxygen atoms in total. The van der Waals surface area contributed by atoms with Crippen molar-refractivity contribution in [3.05, 3.63) is 52.8 Å². The third-order valence-corrected chi connectivity index (χ3v) is 2.17. The molecule has 0 unspecified atom stereocenters. The second-order valence-corrected chi connectivity index (χ2v) is 3.35. The molecule has 2 rings (SSSR count). The number of rotatable bonds is 3. The molecule has 82 valence electrons. The Balaban J connectivity index is 2.14. The van der Waals surface area contributed by atoms with Crippen molar-refractivity contribution in [3.63, 3.8) is 0 Å². The zero-order valence-corrected chi connectivity index (χ0v) is 8.92. The molecule has 5 heteroatoms. The minimum absolute atomic E-state index is 0.00728. The average Bonchev–Trinajstić information content (AvgIpc) is 2.33. The minimum atomic E-state index is 0.00728. The summed E-state index contributed by atoms with van der Waals surface area (Å²) in [5.41, 5.74) is 0.857. The van der Waals surface area contributed by atoms with Gasteiger partial charge in [-0.3, -0.25) is 9.78 Å². The number of aromatic nitrogens is 3. The molecule has 0 aliphatic rings. The van der Waals surface area contributed by atoms with Crippen molar-refractivity contribution in [2.45, 2.75) is 6.54 Å². The molecular formula is C11H12N4O. The Kier molecular flexibility index (Phi) is 2.95. The van der Waals surface area contributed by atoms with E-state index in [4.69, 9.17) is 0 Å². The van der Waals surface area contributed by atoms with Gasteiger partial charge >= 0.3 is 0 Å². The summed E-state index contributed by atoms with van der Waals surface area (Å²) in [7, 11) is 1.80. The summed E-state index contributed by atoms with van der Waals surface area (Å²) < 4.78 is 1.88. The quantitative estimate of drug-likeness (QED) is 0.821. The average molecular weight is 216 g/mol. The van der Waals surface area contributed by atoms with Crippen LogP contribution in [0.1, 0.15) is 5.69 Å². The Hall–Kier alpha value is -2.17. The van der Waals surface area contributed by atoms with E-state index in [1.165, 1.54) is 12.1 Å². The summed E-state index contributed by atoms with van der Waals surface area (Å²) in [6.07, 6.45) is 6.85. The molecule has 0 aliphatic heterocycles. The fourth-order valence-electron chi connectivity index (χ4n) is 1.30. The van der Waals surface area contributed by atoms with Crippen molar-refractivity contribution in [1.29, 1.82) is 0 Å². The lowest BCUT2D eigenvalue weighted by Crippen LogP contribution is -2.06. The molecule has 0 bridgehead atoms. The summed E-state index contributed by atoms with van der Waals surface area (Å²) in [6.45, 7) is 0.608. The molecule has 16 heavy (non-hydrogen) atoms. The standard InChI is InChI=1S/C11H12N4O/c1-12-11-7-13-9(6-14-11)8-15-4-2-10(16)3-5-15/h2-7H,8H2,1H3,(H,12,14). The molecule has 2 aromatic rings. The number of pyridine rings is 1. The molecule has 0 radical (unpaired) electrons. The number of anilines is 1. The molecule has 0 aromatic carbocycles. The van der Waals surface area contributed by atoms with E-state index >= 15 is 0 Å². The van der Waals surface area contributed by atoms with E-state index < -0.39 is 0 Å². The normalized spacial score (nSPS) is 10.1. The zero-order valence-electron chi connectivity index (χ0n) is 8.92. The van der Waals surface area contributed by atoms with E-state index in [0.717, 1.165) is 11.5 Å². The van der Waals surface area contributed by atoms with Crippen molar-refractivity contribution in [1.82, 2.24) is 14.5 Å². The Morgan fingerprint density at radius 2 is 2.00 bits per heavy atom. The third-order valence-electron chi connectivity index (χ3n) is 2.17. The van der Waals surface area contributed by atoms with Gasteiger partial charge in [-0.2, -0.15) is 0 Å². The molecule has 0 atom stereocenters. The van der Waals surface area contributed by atoms with Crippen LogP contribution in [0.5, 0.6) is 0 Å². The summed E-state index contributed by atoms with van der Waals surface area (Å²) >= 11 is 0. The first-order valence-corrected chi connectivity index (χ1v) is 4.93. The van der Waals surface area contributed by atoms with Gasteiger partial charge in [0.25, 0.3) is 0 Å². The molecule has 0 amide bonds. The molecule has 0 saturated heterocycles. The van der Waals surface area contributed by atoms with Crippen LogP contribution in [0.15, 0.2) is 41.7 Å². The number of hydrogen-bond acceptors (Lipinski definition) is 4. The highest BCUT2D eigenvalue weighted by Crippen LogP contribution is 2.01. The largest absolute Gasteiger partial charge is 0.372 e. The Bertz CT molecular complexity index is 498. The van der Waals surface area contributed by atoms with Gasteiger partial charge in [-0.1, -0.05) is 0 Å². The molecule has 0 spiro atoms. The molecular weight excluding hydrogens is 204 g/mol. The van der Waals surface area contributed by atoms with Crippen LogP contribution in [0.2, 0.25) is 0 Å². The maximum atomic E-state index is 10.9. The second-order valence-electron chi connectivity index (χ2n) is 3.35. The Labute approximate surface area is 92.8 Å². The van der Waals surface area contributed by atoms with Gasteiger partial charge in [-0.15, -0.1) is 0 Å². The van der Waals surface area contributed by atoms with Gasteiger partial charge in [-0.25, -0.2) is 4.98 Å². The smallest absolute Gasteiger partial charge is 0.181 e. The molecule has 2 heterocycles. The van der Waals surface area contributed by atoms with Gasteiger partial charge < -0.3 is 9.88 Å². The molecule has 1 N–H and O–H groups in total. The Morgan fingerprint density at radius 3 is 2.56 bits per heavy atom. The molecule has 0 saturated carbocycles. The minimum Gasteiger partial charge on any atom is -0.372 e. The lowest BCUT2D eigenvalue weighted by Gasteiger charge is -2.05. The van der Waals surface area contributed by atoms with E-state index in [-0.39, 0.29) is 5.43 Å². The van der Waals surface area contributed by atoms with Crippen LogP contribution in [0.3, 0.4) is 0 Å². The molecule has 2 aromatic heterocycles. The SMILES string of the molecule is CNc1cnc(Cn2ccc(=O)cc2)cn1. The van der Waals surface area contributed by atoms with Gasteiger partial charge in [0.05, 0.1) is 24.6 Å². The van der Waals surface area contributed by atoms with Crippen LogP contribution >= 0.6 is 0 Å².